The summed E-state index contributed by atoms with van der Waals surface area (Å²) in [6.07, 6.45) is 4.98. The van der Waals surface area contributed by atoms with Crippen molar-refractivity contribution in [2.75, 3.05) is 7.11 Å². The molecule has 0 aliphatic carbocycles. The Kier molecular flexibility index (Phi) is 4.29. The van der Waals surface area contributed by atoms with Crippen LogP contribution >= 0.6 is 0 Å². The summed E-state index contributed by atoms with van der Waals surface area (Å²) in [6, 6.07) is 0. The second-order valence-electron chi connectivity index (χ2n) is 2.04. The zero-order chi connectivity index (χ0) is 7.98. The lowest BCUT2D eigenvalue weighted by Gasteiger charge is -1.94. The lowest BCUT2D eigenvalue weighted by molar-refractivity contribution is 0.294. The summed E-state index contributed by atoms with van der Waals surface area (Å²) in [7, 11) is 1.62. The molecular weight excluding hydrogens is 126 g/mol. The molecule has 0 heterocycles. The van der Waals surface area contributed by atoms with E-state index in [9.17, 15) is 0 Å². The molecular formula is C8H13NO. The van der Waals surface area contributed by atoms with E-state index >= 15 is 0 Å². The summed E-state index contributed by atoms with van der Waals surface area (Å²) < 4.78 is 4.89. The summed E-state index contributed by atoms with van der Waals surface area (Å²) in [6.45, 7) is 3.74. The quantitative estimate of drug-likeness (QED) is 0.362. The number of rotatable bonds is 3. The maximum atomic E-state index is 6.85. The van der Waals surface area contributed by atoms with Crippen molar-refractivity contribution in [1.29, 1.82) is 5.41 Å². The molecule has 1 N–H and O–H groups in total. The Morgan fingerprint density at radius 3 is 2.30 bits per heavy atom. The predicted molar refractivity (Wildman–Crippen MR) is 43.3 cm³/mol. The van der Waals surface area contributed by atoms with Crippen LogP contribution in [0.25, 0.3) is 0 Å². The van der Waals surface area contributed by atoms with Crippen molar-refractivity contribution in [3.8, 4) is 0 Å². The van der Waals surface area contributed by atoms with E-state index in [0.29, 0.717) is 0 Å². The minimum Gasteiger partial charge on any atom is -0.501 e. The van der Waals surface area contributed by atoms with E-state index in [1.54, 1.807) is 7.11 Å². The molecule has 10 heavy (non-hydrogen) atoms. The van der Waals surface area contributed by atoms with Gasteiger partial charge in [0.25, 0.3) is 0 Å². The van der Waals surface area contributed by atoms with Gasteiger partial charge in [-0.1, -0.05) is 6.08 Å². The second-order valence-corrected chi connectivity index (χ2v) is 2.04. The minimum atomic E-state index is 0.848. The molecule has 0 saturated carbocycles. The van der Waals surface area contributed by atoms with E-state index < -0.39 is 0 Å². The van der Waals surface area contributed by atoms with E-state index in [1.807, 2.05) is 26.0 Å². The van der Waals surface area contributed by atoms with Gasteiger partial charge in [-0.3, -0.25) is 0 Å². The molecule has 0 rings (SSSR count). The first-order chi connectivity index (χ1) is 4.70. The molecule has 0 aliphatic heterocycles. The van der Waals surface area contributed by atoms with Gasteiger partial charge >= 0.3 is 0 Å². The van der Waals surface area contributed by atoms with Gasteiger partial charge in [-0.05, 0) is 25.5 Å². The third kappa shape index (κ3) is 3.89. The standard InChI is InChI=1S/C8H13NO/c1-7(6-9)4-5-8(2)10-3/h4-6,9H,1-3H3/b7-4-,8-5+,9-6?. The summed E-state index contributed by atoms with van der Waals surface area (Å²) in [5, 5.41) is 6.85. The highest BCUT2D eigenvalue weighted by Gasteiger charge is 1.80. The average molecular weight is 139 g/mol. The SMILES string of the molecule is CO/C(C)=C/C=C(/C)C=N. The summed E-state index contributed by atoms with van der Waals surface area (Å²) in [5.74, 6) is 0.848. The molecule has 2 heteroatoms. The number of hydrogen-bond acceptors (Lipinski definition) is 2. The van der Waals surface area contributed by atoms with Crippen molar-refractivity contribution in [2.45, 2.75) is 13.8 Å². The minimum absolute atomic E-state index is 0.848. The van der Waals surface area contributed by atoms with Crippen LogP contribution in [0, 0.1) is 5.41 Å². The molecule has 0 aliphatic rings. The topological polar surface area (TPSA) is 33.1 Å². The predicted octanol–water partition coefficient (Wildman–Crippen LogP) is 2.13. The molecule has 0 saturated heterocycles. The highest BCUT2D eigenvalue weighted by atomic mass is 16.5. The second kappa shape index (κ2) is 4.79. The van der Waals surface area contributed by atoms with E-state index in [0.717, 1.165) is 11.3 Å². The molecule has 0 radical (unpaired) electrons. The van der Waals surface area contributed by atoms with Crippen molar-refractivity contribution in [3.05, 3.63) is 23.5 Å². The fraction of sp³-hybridized carbons (Fsp3) is 0.375. The number of ether oxygens (including phenoxy) is 1. The first-order valence-electron chi connectivity index (χ1n) is 3.10. The van der Waals surface area contributed by atoms with Crippen molar-refractivity contribution in [1.82, 2.24) is 0 Å². The third-order valence-corrected chi connectivity index (χ3v) is 1.13. The van der Waals surface area contributed by atoms with Crippen LogP contribution in [0.2, 0.25) is 0 Å². The van der Waals surface area contributed by atoms with Crippen LogP contribution in [0.4, 0.5) is 0 Å². The van der Waals surface area contributed by atoms with Gasteiger partial charge in [0.2, 0.25) is 0 Å². The molecule has 2 nitrogen and oxygen atoms in total. The van der Waals surface area contributed by atoms with Crippen LogP contribution in [0.15, 0.2) is 23.5 Å². The van der Waals surface area contributed by atoms with Gasteiger partial charge in [0.05, 0.1) is 12.9 Å². The third-order valence-electron chi connectivity index (χ3n) is 1.13. The summed E-state index contributed by atoms with van der Waals surface area (Å²) >= 11 is 0. The first-order valence-corrected chi connectivity index (χ1v) is 3.10. The molecule has 56 valence electrons. The smallest absolute Gasteiger partial charge is 0.0924 e. The number of methoxy groups -OCH3 is 1. The van der Waals surface area contributed by atoms with Crippen LogP contribution < -0.4 is 0 Å². The maximum absolute atomic E-state index is 6.85. The number of allylic oxidation sites excluding steroid dienone is 4. The Hall–Kier alpha value is -1.05. The zero-order valence-corrected chi connectivity index (χ0v) is 6.64. The Labute approximate surface area is 61.7 Å². The Balaban J connectivity index is 4.03. The largest absolute Gasteiger partial charge is 0.501 e. The highest BCUT2D eigenvalue weighted by Crippen LogP contribution is 1.95. The summed E-state index contributed by atoms with van der Waals surface area (Å²) in [5.41, 5.74) is 0.913. The van der Waals surface area contributed by atoms with Gasteiger partial charge in [-0.25, -0.2) is 0 Å². The van der Waals surface area contributed by atoms with E-state index in [2.05, 4.69) is 0 Å². The van der Waals surface area contributed by atoms with Gasteiger partial charge in [0, 0.05) is 6.21 Å². The van der Waals surface area contributed by atoms with E-state index in [4.69, 9.17) is 10.1 Å². The molecule has 0 amide bonds. The maximum Gasteiger partial charge on any atom is 0.0924 e. The fourth-order valence-electron chi connectivity index (χ4n) is 0.365. The lowest BCUT2D eigenvalue weighted by Crippen LogP contribution is -1.78. The first kappa shape index (κ1) is 8.95. The fourth-order valence-corrected chi connectivity index (χ4v) is 0.365. The van der Waals surface area contributed by atoms with Crippen LogP contribution in [-0.4, -0.2) is 13.3 Å². The van der Waals surface area contributed by atoms with Crippen LogP contribution in [0.3, 0.4) is 0 Å². The normalized spacial score (nSPS) is 13.1. The molecule has 0 atom stereocenters. The number of hydrogen-bond donors (Lipinski definition) is 1. The van der Waals surface area contributed by atoms with E-state index in [-0.39, 0.29) is 0 Å². The van der Waals surface area contributed by atoms with Gasteiger partial charge in [0.1, 0.15) is 0 Å². The molecule has 0 bridgehead atoms. The van der Waals surface area contributed by atoms with Crippen molar-refractivity contribution in [3.63, 3.8) is 0 Å². The van der Waals surface area contributed by atoms with Crippen molar-refractivity contribution < 1.29 is 4.74 Å². The molecule has 0 unspecified atom stereocenters. The molecule has 0 aromatic carbocycles. The summed E-state index contributed by atoms with van der Waals surface area (Å²) in [4.78, 5) is 0. The van der Waals surface area contributed by atoms with Crippen molar-refractivity contribution in [2.24, 2.45) is 0 Å². The van der Waals surface area contributed by atoms with Crippen LogP contribution in [0.1, 0.15) is 13.8 Å². The van der Waals surface area contributed by atoms with Gasteiger partial charge in [0.15, 0.2) is 0 Å². The molecule has 0 fully saturated rings. The van der Waals surface area contributed by atoms with Gasteiger partial charge in [-0.15, -0.1) is 0 Å². The van der Waals surface area contributed by atoms with Crippen LogP contribution in [0.5, 0.6) is 0 Å². The van der Waals surface area contributed by atoms with E-state index in [1.165, 1.54) is 6.21 Å². The molecule has 0 aromatic rings. The average Bonchev–Trinajstić information content (AvgIpc) is 1.99. The number of nitrogens with one attached hydrogen (secondary N) is 1. The molecule has 0 aromatic heterocycles. The Morgan fingerprint density at radius 2 is 1.90 bits per heavy atom. The monoisotopic (exact) mass is 139 g/mol. The molecule has 0 spiro atoms. The zero-order valence-electron chi connectivity index (χ0n) is 6.64. The highest BCUT2D eigenvalue weighted by molar-refractivity contribution is 5.75. The van der Waals surface area contributed by atoms with Gasteiger partial charge < -0.3 is 10.1 Å². The van der Waals surface area contributed by atoms with Crippen LogP contribution in [-0.2, 0) is 4.74 Å². The van der Waals surface area contributed by atoms with Crippen molar-refractivity contribution >= 4 is 6.21 Å². The Bertz CT molecular complexity index is 168. The van der Waals surface area contributed by atoms with Gasteiger partial charge in [-0.2, -0.15) is 0 Å². The Morgan fingerprint density at radius 1 is 1.30 bits per heavy atom. The lowest BCUT2D eigenvalue weighted by atomic mass is 10.3.